The predicted octanol–water partition coefficient (Wildman–Crippen LogP) is 3.05. The largest absolute Gasteiger partial charge is 0.426 e. The van der Waals surface area contributed by atoms with E-state index in [0.717, 1.165) is 10.9 Å². The number of carbonyl (C=O) groups is 1. The lowest BCUT2D eigenvalue weighted by Gasteiger charge is -2.07. The Morgan fingerprint density at radius 1 is 1.32 bits per heavy atom. The molecule has 0 N–H and O–H groups in total. The minimum atomic E-state index is -0.407. The molecule has 0 radical (unpaired) electrons. The van der Waals surface area contributed by atoms with Crippen LogP contribution in [0.4, 0.5) is 0 Å². The maximum absolute atomic E-state index is 11.6. The van der Waals surface area contributed by atoms with Crippen LogP contribution in [0, 0.1) is 12.8 Å². The molecule has 0 saturated heterocycles. The van der Waals surface area contributed by atoms with Gasteiger partial charge in [-0.2, -0.15) is 0 Å². The molecule has 4 heteroatoms. The Labute approximate surface area is 111 Å². The highest BCUT2D eigenvalue weighted by Gasteiger charge is 2.09. The van der Waals surface area contributed by atoms with Crippen molar-refractivity contribution in [3.8, 4) is 5.75 Å². The van der Waals surface area contributed by atoms with E-state index in [1.165, 1.54) is 6.07 Å². The highest BCUT2D eigenvalue weighted by molar-refractivity contribution is 5.82. The third-order valence-electron chi connectivity index (χ3n) is 2.73. The maximum atomic E-state index is 11.6. The van der Waals surface area contributed by atoms with Gasteiger partial charge in [-0.15, -0.1) is 0 Å². The molecule has 0 aliphatic heterocycles. The molecule has 4 nitrogen and oxygen atoms in total. The molecule has 2 aromatic rings. The number of rotatable bonds is 3. The molecule has 0 atom stereocenters. The van der Waals surface area contributed by atoms with Gasteiger partial charge >= 0.3 is 11.6 Å². The Morgan fingerprint density at radius 2 is 2.05 bits per heavy atom. The molecule has 0 aliphatic carbocycles. The van der Waals surface area contributed by atoms with Crippen LogP contribution in [0.1, 0.15) is 25.8 Å². The Hall–Kier alpha value is -2.10. The summed E-state index contributed by atoms with van der Waals surface area (Å²) in [5, 5.41) is 0.836. The SMILES string of the molecule is Cc1cc(=O)oc2cc(OC(=O)CC(C)C)ccc12. The van der Waals surface area contributed by atoms with Crippen molar-refractivity contribution >= 4 is 16.9 Å². The molecule has 0 bridgehead atoms. The minimum absolute atomic E-state index is 0.244. The average Bonchev–Trinajstić information content (AvgIpc) is 2.26. The predicted molar refractivity (Wildman–Crippen MR) is 72.3 cm³/mol. The summed E-state index contributed by atoms with van der Waals surface area (Å²) >= 11 is 0. The normalized spacial score (nSPS) is 10.9. The lowest BCUT2D eigenvalue weighted by atomic mass is 10.1. The van der Waals surface area contributed by atoms with E-state index in [0.29, 0.717) is 17.8 Å². The third-order valence-corrected chi connectivity index (χ3v) is 2.73. The van der Waals surface area contributed by atoms with Crippen LogP contribution < -0.4 is 10.4 Å². The van der Waals surface area contributed by atoms with Gasteiger partial charge in [-0.1, -0.05) is 13.8 Å². The fraction of sp³-hybridized carbons (Fsp3) is 0.333. The first-order chi connectivity index (χ1) is 8.95. The fourth-order valence-electron chi connectivity index (χ4n) is 1.88. The standard InChI is InChI=1S/C15H16O4/c1-9(2)6-14(16)18-11-4-5-12-10(3)7-15(17)19-13(12)8-11/h4-5,7-9H,6H2,1-3H3. The first kappa shape index (κ1) is 13.3. The van der Waals surface area contributed by atoms with Crippen LogP contribution in [0.2, 0.25) is 0 Å². The molecule has 1 aromatic heterocycles. The quantitative estimate of drug-likeness (QED) is 0.483. The van der Waals surface area contributed by atoms with Crippen LogP contribution in [0.3, 0.4) is 0 Å². The Balaban J connectivity index is 2.31. The fourth-order valence-corrected chi connectivity index (χ4v) is 1.88. The third kappa shape index (κ3) is 3.22. The minimum Gasteiger partial charge on any atom is -0.426 e. The first-order valence-electron chi connectivity index (χ1n) is 6.21. The summed E-state index contributed by atoms with van der Waals surface area (Å²) in [6.07, 6.45) is 0.357. The van der Waals surface area contributed by atoms with Gasteiger partial charge in [0.25, 0.3) is 0 Å². The summed E-state index contributed by atoms with van der Waals surface area (Å²) in [6, 6.07) is 6.49. The van der Waals surface area contributed by atoms with Crippen LogP contribution in [0.15, 0.2) is 33.5 Å². The molecule has 0 spiro atoms. The van der Waals surface area contributed by atoms with Crippen molar-refractivity contribution in [1.29, 1.82) is 0 Å². The van der Waals surface area contributed by atoms with Crippen molar-refractivity contribution in [2.75, 3.05) is 0 Å². The van der Waals surface area contributed by atoms with Gasteiger partial charge in [0.05, 0.1) is 0 Å². The monoisotopic (exact) mass is 260 g/mol. The molecule has 0 aliphatic rings. The Morgan fingerprint density at radius 3 is 2.74 bits per heavy atom. The summed E-state index contributed by atoms with van der Waals surface area (Å²) in [5.41, 5.74) is 0.863. The van der Waals surface area contributed by atoms with E-state index >= 15 is 0 Å². The molecule has 100 valence electrons. The molecule has 1 heterocycles. The van der Waals surface area contributed by atoms with Crippen molar-refractivity contribution in [2.45, 2.75) is 27.2 Å². The lowest BCUT2D eigenvalue weighted by molar-refractivity contribution is -0.135. The van der Waals surface area contributed by atoms with Gasteiger partial charge in [0, 0.05) is 23.9 Å². The molecule has 1 aromatic carbocycles. The maximum Gasteiger partial charge on any atom is 0.336 e. The average molecular weight is 260 g/mol. The van der Waals surface area contributed by atoms with Gasteiger partial charge in [0.2, 0.25) is 0 Å². The van der Waals surface area contributed by atoms with Gasteiger partial charge in [-0.05, 0) is 30.5 Å². The topological polar surface area (TPSA) is 56.5 Å². The first-order valence-corrected chi connectivity index (χ1v) is 6.21. The van der Waals surface area contributed by atoms with Gasteiger partial charge in [-0.25, -0.2) is 4.79 Å². The van der Waals surface area contributed by atoms with E-state index in [2.05, 4.69) is 0 Å². The van der Waals surface area contributed by atoms with E-state index in [-0.39, 0.29) is 11.9 Å². The van der Waals surface area contributed by atoms with Crippen LogP contribution in [0.5, 0.6) is 5.75 Å². The van der Waals surface area contributed by atoms with Crippen molar-refractivity contribution in [2.24, 2.45) is 5.92 Å². The molecular formula is C15H16O4. The van der Waals surface area contributed by atoms with Crippen molar-refractivity contribution in [3.63, 3.8) is 0 Å². The molecule has 0 unspecified atom stereocenters. The molecule has 19 heavy (non-hydrogen) atoms. The number of esters is 1. The molecular weight excluding hydrogens is 244 g/mol. The van der Waals surface area contributed by atoms with Crippen LogP contribution in [0.25, 0.3) is 11.0 Å². The Bertz CT molecular complexity index is 667. The summed E-state index contributed by atoms with van der Waals surface area (Å²) in [6.45, 7) is 5.73. The summed E-state index contributed by atoms with van der Waals surface area (Å²) in [4.78, 5) is 22.9. The Kier molecular flexibility index (Phi) is 3.69. The second-order valence-corrected chi connectivity index (χ2v) is 4.98. The van der Waals surface area contributed by atoms with Gasteiger partial charge in [0.1, 0.15) is 11.3 Å². The molecule has 0 amide bonds. The summed E-state index contributed by atoms with van der Waals surface area (Å²) < 4.78 is 10.3. The van der Waals surface area contributed by atoms with E-state index < -0.39 is 5.63 Å². The second kappa shape index (κ2) is 5.26. The highest BCUT2D eigenvalue weighted by atomic mass is 16.5. The number of fused-ring (bicyclic) bond motifs is 1. The second-order valence-electron chi connectivity index (χ2n) is 4.98. The van der Waals surface area contributed by atoms with Crippen molar-refractivity contribution in [1.82, 2.24) is 0 Å². The van der Waals surface area contributed by atoms with E-state index in [1.54, 1.807) is 18.2 Å². The van der Waals surface area contributed by atoms with Gasteiger partial charge in [0.15, 0.2) is 0 Å². The zero-order valence-electron chi connectivity index (χ0n) is 11.2. The summed E-state index contributed by atoms with van der Waals surface area (Å²) in [7, 11) is 0. The van der Waals surface area contributed by atoms with Crippen LogP contribution in [-0.4, -0.2) is 5.97 Å². The number of ether oxygens (including phenoxy) is 1. The number of carbonyl (C=O) groups excluding carboxylic acids is 1. The van der Waals surface area contributed by atoms with Crippen molar-refractivity contribution in [3.05, 3.63) is 40.2 Å². The summed E-state index contributed by atoms with van der Waals surface area (Å²) in [5.74, 6) is 0.351. The zero-order valence-corrected chi connectivity index (χ0v) is 11.2. The molecule has 2 rings (SSSR count). The molecule has 0 saturated carbocycles. The molecule has 0 fully saturated rings. The van der Waals surface area contributed by atoms with Gasteiger partial charge in [-0.3, -0.25) is 4.79 Å². The van der Waals surface area contributed by atoms with Gasteiger partial charge < -0.3 is 9.15 Å². The number of hydrogen-bond acceptors (Lipinski definition) is 4. The van der Waals surface area contributed by atoms with E-state index in [9.17, 15) is 9.59 Å². The lowest BCUT2D eigenvalue weighted by Crippen LogP contribution is -2.10. The number of aryl methyl sites for hydroxylation is 1. The smallest absolute Gasteiger partial charge is 0.336 e. The zero-order chi connectivity index (χ0) is 14.0. The highest BCUT2D eigenvalue weighted by Crippen LogP contribution is 2.22. The number of benzene rings is 1. The van der Waals surface area contributed by atoms with Crippen molar-refractivity contribution < 1.29 is 13.9 Å². The van der Waals surface area contributed by atoms with Crippen LogP contribution in [-0.2, 0) is 4.79 Å². The number of hydrogen-bond donors (Lipinski definition) is 0. The van der Waals surface area contributed by atoms with E-state index in [4.69, 9.17) is 9.15 Å². The van der Waals surface area contributed by atoms with Crippen LogP contribution >= 0.6 is 0 Å². The van der Waals surface area contributed by atoms with E-state index in [1.807, 2.05) is 20.8 Å².